The summed E-state index contributed by atoms with van der Waals surface area (Å²) in [5, 5.41) is 6.24. The molecule has 0 fully saturated rings. The molecule has 1 N–H and O–H groups in total. The lowest BCUT2D eigenvalue weighted by atomic mass is 10.0. The number of carbonyl (C=O) groups excluding carboxylic acids is 2. The fraction of sp³-hybridized carbons (Fsp3) is 0.300. The fourth-order valence-electron chi connectivity index (χ4n) is 3.63. The van der Waals surface area contributed by atoms with Gasteiger partial charge in [0.1, 0.15) is 11.3 Å². The molecule has 8 nitrogen and oxygen atoms in total. The number of nitrogens with zero attached hydrogens (tertiary/aromatic N) is 3. The zero-order valence-electron chi connectivity index (χ0n) is 15.5. The SMILES string of the molecule is COC(=O)c1cn(CCC(=O)N2CCCc3ccccc32)cc2c(=O)[nH]nc1-2. The van der Waals surface area contributed by atoms with Crippen molar-refractivity contribution in [2.75, 3.05) is 18.6 Å². The molecule has 28 heavy (non-hydrogen) atoms. The highest BCUT2D eigenvalue weighted by molar-refractivity contribution is 5.96. The molecular weight excluding hydrogens is 360 g/mol. The molecule has 0 aromatic heterocycles. The van der Waals surface area contributed by atoms with Crippen LogP contribution in [0.1, 0.15) is 28.8 Å². The zero-order chi connectivity index (χ0) is 19.7. The summed E-state index contributed by atoms with van der Waals surface area (Å²) in [6.45, 7) is 1.03. The third kappa shape index (κ3) is 3.17. The number of anilines is 1. The third-order valence-corrected chi connectivity index (χ3v) is 5.01. The third-order valence-electron chi connectivity index (χ3n) is 5.01. The minimum atomic E-state index is -0.581. The monoisotopic (exact) mass is 380 g/mol. The smallest absolute Gasteiger partial charge is 0.341 e. The number of pyridine rings is 1. The van der Waals surface area contributed by atoms with E-state index < -0.39 is 5.97 Å². The molecule has 0 saturated heterocycles. The van der Waals surface area contributed by atoms with E-state index in [1.54, 1.807) is 17.0 Å². The number of fused-ring (bicyclic) bond motifs is 2. The van der Waals surface area contributed by atoms with Crippen molar-refractivity contribution in [3.8, 4) is 11.3 Å². The van der Waals surface area contributed by atoms with Crippen molar-refractivity contribution in [1.82, 2.24) is 14.8 Å². The van der Waals surface area contributed by atoms with E-state index in [0.29, 0.717) is 18.7 Å². The Labute approximate surface area is 161 Å². The number of H-pyrrole nitrogens is 1. The zero-order valence-corrected chi connectivity index (χ0v) is 15.5. The first-order chi connectivity index (χ1) is 13.6. The molecule has 0 bridgehead atoms. The number of benzene rings is 1. The summed E-state index contributed by atoms with van der Waals surface area (Å²) in [6, 6.07) is 7.94. The summed E-state index contributed by atoms with van der Waals surface area (Å²) in [7, 11) is 1.27. The topological polar surface area (TPSA) is 97.3 Å². The highest BCUT2D eigenvalue weighted by atomic mass is 16.5. The molecule has 0 spiro atoms. The lowest BCUT2D eigenvalue weighted by Crippen LogP contribution is -2.35. The molecule has 1 aromatic carbocycles. The van der Waals surface area contributed by atoms with Gasteiger partial charge in [0.25, 0.3) is 5.56 Å². The minimum absolute atomic E-state index is 0.00825. The van der Waals surface area contributed by atoms with Crippen LogP contribution in [0.5, 0.6) is 0 Å². The number of nitrogens with one attached hydrogen (secondary N) is 1. The maximum absolute atomic E-state index is 12.8. The average molecular weight is 380 g/mol. The molecule has 1 aromatic rings. The van der Waals surface area contributed by atoms with E-state index >= 15 is 0 Å². The van der Waals surface area contributed by atoms with Crippen molar-refractivity contribution < 1.29 is 14.3 Å². The molecule has 0 radical (unpaired) electrons. The number of methoxy groups -OCH3 is 1. The van der Waals surface area contributed by atoms with Crippen molar-refractivity contribution in [1.29, 1.82) is 0 Å². The summed E-state index contributed by atoms with van der Waals surface area (Å²) in [5.41, 5.74) is 2.51. The van der Waals surface area contributed by atoms with Crippen LogP contribution >= 0.6 is 0 Å². The van der Waals surface area contributed by atoms with Crippen LogP contribution in [-0.4, -0.2) is 40.3 Å². The summed E-state index contributed by atoms with van der Waals surface area (Å²) in [6.07, 6.45) is 5.32. The van der Waals surface area contributed by atoms with Gasteiger partial charge < -0.3 is 14.2 Å². The second-order valence-electron chi connectivity index (χ2n) is 6.74. The molecule has 0 aliphatic carbocycles. The van der Waals surface area contributed by atoms with Crippen LogP contribution in [0.15, 0.2) is 41.5 Å². The predicted octanol–water partition coefficient (Wildman–Crippen LogP) is 1.83. The molecule has 3 heterocycles. The number of aryl methyl sites for hydroxylation is 2. The number of aromatic amines is 1. The van der Waals surface area contributed by atoms with Crippen LogP contribution in [0.4, 0.5) is 5.69 Å². The number of aromatic nitrogens is 3. The van der Waals surface area contributed by atoms with Gasteiger partial charge >= 0.3 is 5.97 Å². The lowest BCUT2D eigenvalue weighted by molar-refractivity contribution is -0.118. The van der Waals surface area contributed by atoms with Gasteiger partial charge in [-0.25, -0.2) is 9.89 Å². The van der Waals surface area contributed by atoms with Gasteiger partial charge in [-0.05, 0) is 24.5 Å². The molecule has 4 rings (SSSR count). The molecule has 0 unspecified atom stereocenters. The van der Waals surface area contributed by atoms with Crippen molar-refractivity contribution >= 4 is 17.6 Å². The van der Waals surface area contributed by atoms with E-state index in [9.17, 15) is 14.4 Å². The maximum atomic E-state index is 12.8. The van der Waals surface area contributed by atoms with E-state index in [0.717, 1.165) is 18.5 Å². The second kappa shape index (κ2) is 7.30. The van der Waals surface area contributed by atoms with E-state index in [1.807, 2.05) is 23.1 Å². The van der Waals surface area contributed by atoms with Gasteiger partial charge in [0.15, 0.2) is 0 Å². The Bertz CT molecular complexity index is 1070. The van der Waals surface area contributed by atoms with Crippen molar-refractivity contribution in [2.24, 2.45) is 0 Å². The summed E-state index contributed by atoms with van der Waals surface area (Å²) in [5.74, 6) is -0.573. The van der Waals surface area contributed by atoms with Gasteiger partial charge in [-0.1, -0.05) is 18.2 Å². The molecular formula is C20H20N4O4. The average Bonchev–Trinajstić information content (AvgIpc) is 3.11. The number of hydrogen-bond acceptors (Lipinski definition) is 5. The maximum Gasteiger partial charge on any atom is 0.341 e. The number of amides is 1. The quantitative estimate of drug-likeness (QED) is 0.697. The first-order valence-electron chi connectivity index (χ1n) is 9.13. The van der Waals surface area contributed by atoms with Crippen molar-refractivity contribution in [3.63, 3.8) is 0 Å². The number of carbonyl (C=O) groups is 2. The molecule has 3 aliphatic rings. The van der Waals surface area contributed by atoms with Crippen LogP contribution in [0.3, 0.4) is 0 Å². The van der Waals surface area contributed by atoms with Gasteiger partial charge in [-0.2, -0.15) is 5.10 Å². The van der Waals surface area contributed by atoms with E-state index in [2.05, 4.69) is 16.3 Å². The lowest BCUT2D eigenvalue weighted by Gasteiger charge is -2.29. The number of para-hydroxylation sites is 1. The Morgan fingerprint density at radius 2 is 2.07 bits per heavy atom. The summed E-state index contributed by atoms with van der Waals surface area (Å²) >= 11 is 0. The Morgan fingerprint density at radius 1 is 1.25 bits per heavy atom. The van der Waals surface area contributed by atoms with E-state index in [-0.39, 0.29) is 29.1 Å². The number of ether oxygens (including phenoxy) is 1. The molecule has 3 aliphatic heterocycles. The Hall–Kier alpha value is -3.42. The molecule has 8 heteroatoms. The van der Waals surface area contributed by atoms with Crippen molar-refractivity contribution in [2.45, 2.75) is 25.8 Å². The summed E-state index contributed by atoms with van der Waals surface area (Å²) < 4.78 is 6.45. The van der Waals surface area contributed by atoms with Crippen LogP contribution in [0.2, 0.25) is 0 Å². The van der Waals surface area contributed by atoms with Crippen LogP contribution < -0.4 is 10.5 Å². The van der Waals surface area contributed by atoms with Crippen LogP contribution in [-0.2, 0) is 22.5 Å². The van der Waals surface area contributed by atoms with Gasteiger partial charge in [-0.15, -0.1) is 0 Å². The van der Waals surface area contributed by atoms with Gasteiger partial charge in [0.05, 0.1) is 12.7 Å². The largest absolute Gasteiger partial charge is 0.465 e. The van der Waals surface area contributed by atoms with Gasteiger partial charge in [0, 0.05) is 37.6 Å². The summed E-state index contributed by atoms with van der Waals surface area (Å²) in [4.78, 5) is 38.6. The molecule has 0 atom stereocenters. The van der Waals surface area contributed by atoms with Crippen LogP contribution in [0.25, 0.3) is 11.3 Å². The second-order valence-corrected chi connectivity index (χ2v) is 6.74. The van der Waals surface area contributed by atoms with Gasteiger partial charge in [-0.3, -0.25) is 9.59 Å². The number of rotatable bonds is 4. The standard InChI is InChI=1S/C20H20N4O4/c1-28-20(27)15-12-23(11-14-18(15)21-22-19(14)26)10-8-17(25)24-9-4-6-13-5-2-3-7-16(13)24/h2-3,5,7,11-12H,4,6,8-10H2,1H3,(H,22,26). The van der Waals surface area contributed by atoms with E-state index in [4.69, 9.17) is 4.74 Å². The number of hydrogen-bond donors (Lipinski definition) is 1. The Kier molecular flexibility index (Phi) is 4.68. The first kappa shape index (κ1) is 18.0. The molecule has 1 amide bonds. The highest BCUT2D eigenvalue weighted by Crippen LogP contribution is 2.27. The predicted molar refractivity (Wildman–Crippen MR) is 103 cm³/mol. The fourth-order valence-corrected chi connectivity index (χ4v) is 3.63. The van der Waals surface area contributed by atoms with Crippen LogP contribution in [0, 0.1) is 0 Å². The first-order valence-corrected chi connectivity index (χ1v) is 9.13. The number of esters is 1. The minimum Gasteiger partial charge on any atom is -0.465 e. The Morgan fingerprint density at radius 3 is 2.89 bits per heavy atom. The highest BCUT2D eigenvalue weighted by Gasteiger charge is 2.24. The molecule has 144 valence electrons. The van der Waals surface area contributed by atoms with E-state index in [1.165, 1.54) is 12.7 Å². The van der Waals surface area contributed by atoms with Crippen molar-refractivity contribution in [3.05, 3.63) is 58.1 Å². The Balaban J connectivity index is 1.57. The normalized spacial score (nSPS) is 13.4. The molecule has 0 saturated carbocycles. The van der Waals surface area contributed by atoms with Gasteiger partial charge in [0.2, 0.25) is 5.91 Å².